The Labute approximate surface area is 192 Å². The number of carbonyl (C=O) groups is 3. The van der Waals surface area contributed by atoms with Gasteiger partial charge in [0.1, 0.15) is 5.69 Å². The number of aromatic hydroxyl groups is 1. The number of aromatic carboxylic acids is 1. The maximum absolute atomic E-state index is 13.0. The summed E-state index contributed by atoms with van der Waals surface area (Å²) in [5.41, 5.74) is 8.87. The molecule has 3 aromatic rings. The number of nitrogens with two attached hydrogens (primary N) is 2. The zero-order valence-electron chi connectivity index (χ0n) is 17.1. The quantitative estimate of drug-likeness (QED) is 0.266. The number of primary amides is 1. The summed E-state index contributed by atoms with van der Waals surface area (Å²) in [6.45, 7) is 0.777. The molecule has 174 valence electrons. The number of phenols is 1. The fourth-order valence-corrected chi connectivity index (χ4v) is 4.68. The van der Waals surface area contributed by atoms with Crippen molar-refractivity contribution in [1.29, 1.82) is 0 Å². The number of H-pyrrole nitrogens is 1. The predicted molar refractivity (Wildman–Crippen MR) is 121 cm³/mol. The molecule has 0 aliphatic rings. The van der Waals surface area contributed by atoms with Crippen molar-refractivity contribution in [2.45, 2.75) is 11.8 Å². The van der Waals surface area contributed by atoms with Crippen LogP contribution < -0.4 is 16.8 Å². The van der Waals surface area contributed by atoms with E-state index in [1.54, 1.807) is 0 Å². The normalized spacial score (nSPS) is 11.5. The smallest absolute Gasteiger partial charge is 0.352 e. The van der Waals surface area contributed by atoms with Gasteiger partial charge < -0.3 is 32.0 Å². The average Bonchev–Trinajstić information content (AvgIpc) is 3.12. The summed E-state index contributed by atoms with van der Waals surface area (Å²) in [7, 11) is -4.16. The summed E-state index contributed by atoms with van der Waals surface area (Å²) in [6.07, 6.45) is 0. The van der Waals surface area contributed by atoms with E-state index in [4.69, 9.17) is 23.1 Å². The standard InChI is InChI=1S/C20H19ClN4O7S/c1-2-33(31,32)12-6-10(19(23)28)18(27)16(25-13(26)7-22)15(12)14-9-5-8(21)3-4-11(9)24-17(14)20(29)30/h3-6,24,27H,2,7,22H2,1H3,(H2,23,28)(H,25,26)(H,29,30). The van der Waals surface area contributed by atoms with Crippen molar-refractivity contribution in [1.82, 2.24) is 4.98 Å². The van der Waals surface area contributed by atoms with Gasteiger partial charge in [0.05, 0.1) is 28.4 Å². The second-order valence-corrected chi connectivity index (χ2v) is 9.59. The number of carbonyl (C=O) groups excluding carboxylic acids is 2. The summed E-state index contributed by atoms with van der Waals surface area (Å²) in [6, 6.07) is 5.21. The van der Waals surface area contributed by atoms with Crippen LogP contribution in [0.1, 0.15) is 27.8 Å². The van der Waals surface area contributed by atoms with Crippen molar-refractivity contribution in [2.24, 2.45) is 11.5 Å². The highest BCUT2D eigenvalue weighted by Crippen LogP contribution is 2.47. The number of amides is 2. The third-order valence-corrected chi connectivity index (χ3v) is 6.91. The molecule has 11 nitrogen and oxygen atoms in total. The molecule has 0 saturated heterocycles. The minimum absolute atomic E-state index is 0.175. The van der Waals surface area contributed by atoms with Gasteiger partial charge in [-0.2, -0.15) is 0 Å². The van der Waals surface area contributed by atoms with Crippen molar-refractivity contribution in [3.63, 3.8) is 0 Å². The zero-order chi connectivity index (χ0) is 24.7. The molecule has 0 aliphatic heterocycles. The van der Waals surface area contributed by atoms with E-state index in [1.165, 1.54) is 25.1 Å². The molecular weight excluding hydrogens is 476 g/mol. The molecule has 3 rings (SSSR count). The van der Waals surface area contributed by atoms with Crippen molar-refractivity contribution in [3.05, 3.63) is 40.5 Å². The van der Waals surface area contributed by atoms with Gasteiger partial charge in [-0.3, -0.25) is 9.59 Å². The van der Waals surface area contributed by atoms with E-state index < -0.39 is 67.5 Å². The SMILES string of the molecule is CCS(=O)(=O)c1cc(C(N)=O)c(O)c(NC(=O)CN)c1-c1c(C(=O)O)[nH]c2ccc(Cl)cc12. The van der Waals surface area contributed by atoms with Gasteiger partial charge in [0, 0.05) is 27.1 Å². The van der Waals surface area contributed by atoms with Crippen LogP contribution in [0.15, 0.2) is 29.2 Å². The fourth-order valence-electron chi connectivity index (χ4n) is 3.38. The maximum atomic E-state index is 13.0. The fraction of sp³-hybridized carbons (Fsp3) is 0.150. The van der Waals surface area contributed by atoms with Gasteiger partial charge in [0.2, 0.25) is 5.91 Å². The number of nitrogens with one attached hydrogen (secondary N) is 2. The first-order chi connectivity index (χ1) is 15.4. The molecule has 0 unspecified atom stereocenters. The summed E-state index contributed by atoms with van der Waals surface area (Å²) >= 11 is 6.09. The number of fused-ring (bicyclic) bond motifs is 1. The van der Waals surface area contributed by atoms with Crippen LogP contribution in [0, 0.1) is 0 Å². The first-order valence-corrected chi connectivity index (χ1v) is 11.4. The number of halogens is 1. The Morgan fingerprint density at radius 3 is 2.39 bits per heavy atom. The summed E-state index contributed by atoms with van der Waals surface area (Å²) in [5.74, 6) is -4.76. The van der Waals surface area contributed by atoms with Gasteiger partial charge in [-0.25, -0.2) is 13.2 Å². The molecule has 0 atom stereocenters. The lowest BCUT2D eigenvalue weighted by Gasteiger charge is -2.19. The molecule has 1 heterocycles. The number of aromatic amines is 1. The lowest BCUT2D eigenvalue weighted by atomic mass is 9.96. The summed E-state index contributed by atoms with van der Waals surface area (Å²) < 4.78 is 26.1. The largest absolute Gasteiger partial charge is 0.505 e. The van der Waals surface area contributed by atoms with Crippen LogP contribution in [0.4, 0.5) is 5.69 Å². The number of aromatic nitrogens is 1. The van der Waals surface area contributed by atoms with E-state index in [0.717, 1.165) is 6.07 Å². The molecule has 13 heteroatoms. The van der Waals surface area contributed by atoms with E-state index >= 15 is 0 Å². The number of hydrogen-bond acceptors (Lipinski definition) is 7. The van der Waals surface area contributed by atoms with Crippen LogP contribution in [-0.4, -0.2) is 53.7 Å². The molecular formula is C20H19ClN4O7S. The van der Waals surface area contributed by atoms with E-state index in [9.17, 15) is 33.0 Å². The Kier molecular flexibility index (Phi) is 6.36. The first-order valence-electron chi connectivity index (χ1n) is 9.40. The molecule has 0 bridgehead atoms. The van der Waals surface area contributed by atoms with Crippen molar-refractivity contribution in [3.8, 4) is 16.9 Å². The number of sulfone groups is 1. The highest BCUT2D eigenvalue weighted by Gasteiger charge is 2.32. The third kappa shape index (κ3) is 4.23. The lowest BCUT2D eigenvalue weighted by Crippen LogP contribution is -2.24. The zero-order valence-corrected chi connectivity index (χ0v) is 18.7. The van der Waals surface area contributed by atoms with Gasteiger partial charge in [0.15, 0.2) is 15.6 Å². The topological polar surface area (TPSA) is 206 Å². The van der Waals surface area contributed by atoms with Gasteiger partial charge in [-0.15, -0.1) is 0 Å². The minimum Gasteiger partial charge on any atom is -0.505 e. The molecule has 2 amide bonds. The van der Waals surface area contributed by atoms with Crippen LogP contribution in [0.3, 0.4) is 0 Å². The monoisotopic (exact) mass is 494 g/mol. The molecule has 0 saturated carbocycles. The number of benzene rings is 2. The highest BCUT2D eigenvalue weighted by molar-refractivity contribution is 7.91. The summed E-state index contributed by atoms with van der Waals surface area (Å²) in [5, 5.41) is 23.3. The predicted octanol–water partition coefficient (Wildman–Crippen LogP) is 1.68. The van der Waals surface area contributed by atoms with Crippen molar-refractivity contribution >= 4 is 55.8 Å². The van der Waals surface area contributed by atoms with Crippen LogP contribution in [0.2, 0.25) is 5.02 Å². The van der Waals surface area contributed by atoms with Crippen LogP contribution >= 0.6 is 11.6 Å². The molecule has 1 aromatic heterocycles. The molecule has 0 aliphatic carbocycles. The average molecular weight is 495 g/mol. The number of anilines is 1. The molecule has 0 radical (unpaired) electrons. The van der Waals surface area contributed by atoms with E-state index in [-0.39, 0.29) is 21.5 Å². The number of rotatable bonds is 7. The number of carboxylic acids is 1. The molecule has 8 N–H and O–H groups in total. The second kappa shape index (κ2) is 8.73. The summed E-state index contributed by atoms with van der Waals surface area (Å²) in [4.78, 5) is 38.3. The first kappa shape index (κ1) is 24.0. The second-order valence-electron chi connectivity index (χ2n) is 6.91. The molecule has 33 heavy (non-hydrogen) atoms. The Hall–Kier alpha value is -3.61. The Bertz CT molecular complexity index is 1430. The number of hydrogen-bond donors (Lipinski definition) is 6. The van der Waals surface area contributed by atoms with Crippen molar-refractivity contribution < 1.29 is 33.0 Å². The highest BCUT2D eigenvalue weighted by atomic mass is 35.5. The van der Waals surface area contributed by atoms with E-state index in [1.807, 2.05) is 0 Å². The Morgan fingerprint density at radius 1 is 1.18 bits per heavy atom. The maximum Gasteiger partial charge on any atom is 0.352 e. The molecule has 0 fully saturated rings. The van der Waals surface area contributed by atoms with Crippen LogP contribution in [0.5, 0.6) is 5.75 Å². The van der Waals surface area contributed by atoms with Crippen LogP contribution in [-0.2, 0) is 14.6 Å². The lowest BCUT2D eigenvalue weighted by molar-refractivity contribution is -0.114. The van der Waals surface area contributed by atoms with Gasteiger partial charge in [0.25, 0.3) is 5.91 Å². The van der Waals surface area contributed by atoms with Gasteiger partial charge in [-0.05, 0) is 24.3 Å². The molecule has 0 spiro atoms. The Balaban J connectivity index is 2.65. The third-order valence-electron chi connectivity index (χ3n) is 4.92. The van der Waals surface area contributed by atoms with E-state index in [2.05, 4.69) is 10.3 Å². The van der Waals surface area contributed by atoms with E-state index in [0.29, 0.717) is 5.52 Å². The minimum atomic E-state index is -4.16. The Morgan fingerprint density at radius 2 is 1.85 bits per heavy atom. The number of carboxylic acid groups (broad SMARTS) is 1. The van der Waals surface area contributed by atoms with Crippen LogP contribution in [0.25, 0.3) is 22.0 Å². The van der Waals surface area contributed by atoms with Crippen molar-refractivity contribution in [2.75, 3.05) is 17.6 Å². The van der Waals surface area contributed by atoms with Gasteiger partial charge >= 0.3 is 5.97 Å². The van der Waals surface area contributed by atoms with Gasteiger partial charge in [-0.1, -0.05) is 18.5 Å². The molecule has 2 aromatic carbocycles.